The van der Waals surface area contributed by atoms with Gasteiger partial charge in [0.15, 0.2) is 0 Å². The Morgan fingerprint density at radius 3 is 2.75 bits per heavy atom. The van der Waals surface area contributed by atoms with Gasteiger partial charge in [0, 0.05) is 42.5 Å². The van der Waals surface area contributed by atoms with E-state index < -0.39 is 5.60 Å². The molecule has 0 spiro atoms. The van der Waals surface area contributed by atoms with Crippen molar-refractivity contribution in [2.75, 3.05) is 11.4 Å². The Bertz CT molecular complexity index is 797. The Morgan fingerprint density at radius 1 is 1.33 bits per heavy atom. The number of nitrogens with one attached hydrogen (secondary N) is 1. The molecule has 2 aliphatic rings. The summed E-state index contributed by atoms with van der Waals surface area (Å²) in [6.45, 7) is 5.01. The van der Waals surface area contributed by atoms with E-state index in [0.29, 0.717) is 24.4 Å². The highest BCUT2D eigenvalue weighted by atomic mass is 16.3. The van der Waals surface area contributed by atoms with Crippen LogP contribution in [0.5, 0.6) is 0 Å². The van der Waals surface area contributed by atoms with Crippen LogP contribution in [-0.2, 0) is 0 Å². The average Bonchev–Trinajstić information content (AvgIpc) is 2.51. The van der Waals surface area contributed by atoms with Gasteiger partial charge in [-0.15, -0.1) is 0 Å². The summed E-state index contributed by atoms with van der Waals surface area (Å²) in [5.41, 5.74) is 0.733. The molecule has 0 aromatic carbocycles. The van der Waals surface area contributed by atoms with E-state index in [1.54, 1.807) is 19.3 Å². The highest BCUT2D eigenvalue weighted by Gasteiger charge is 2.39. The number of anilines is 1. The molecule has 6 nitrogen and oxygen atoms in total. The maximum absolute atomic E-state index is 12.3. The van der Waals surface area contributed by atoms with Crippen molar-refractivity contribution in [1.82, 2.24) is 15.3 Å². The minimum absolute atomic E-state index is 0.0385. The molecule has 0 radical (unpaired) electrons. The number of hydrogen-bond donors (Lipinski definition) is 2. The number of carbonyl (C=O) groups excluding carboxylic acids is 1. The molecular weight excluding hydrogens is 304 g/mol. The molecule has 1 saturated heterocycles. The zero-order valence-corrected chi connectivity index (χ0v) is 14.0. The monoisotopic (exact) mass is 326 g/mol. The van der Waals surface area contributed by atoms with Crippen molar-refractivity contribution in [1.29, 1.82) is 0 Å². The third-order valence-electron chi connectivity index (χ3n) is 5.14. The van der Waals surface area contributed by atoms with Crippen LogP contribution >= 0.6 is 0 Å². The summed E-state index contributed by atoms with van der Waals surface area (Å²) < 4.78 is 0. The van der Waals surface area contributed by atoms with Gasteiger partial charge in [-0.2, -0.15) is 0 Å². The molecule has 24 heavy (non-hydrogen) atoms. The molecule has 2 aromatic rings. The molecule has 0 unspecified atom stereocenters. The number of hydrogen-bond acceptors (Lipinski definition) is 5. The van der Waals surface area contributed by atoms with Crippen molar-refractivity contribution >= 4 is 22.6 Å². The van der Waals surface area contributed by atoms with Crippen LogP contribution in [0.3, 0.4) is 0 Å². The summed E-state index contributed by atoms with van der Waals surface area (Å²) in [5, 5.41) is 13.5. The molecule has 1 aliphatic carbocycles. The van der Waals surface area contributed by atoms with E-state index >= 15 is 0 Å². The lowest BCUT2D eigenvalue weighted by Crippen LogP contribution is -2.53. The number of amides is 1. The largest absolute Gasteiger partial charge is 0.390 e. The highest BCUT2D eigenvalue weighted by Crippen LogP contribution is 2.31. The van der Waals surface area contributed by atoms with Crippen molar-refractivity contribution in [2.24, 2.45) is 0 Å². The highest BCUT2D eigenvalue weighted by molar-refractivity contribution is 5.97. The van der Waals surface area contributed by atoms with Crippen LogP contribution in [-0.4, -0.2) is 45.2 Å². The van der Waals surface area contributed by atoms with Gasteiger partial charge in [0.2, 0.25) is 0 Å². The lowest BCUT2D eigenvalue weighted by Gasteiger charge is -2.41. The Hall–Kier alpha value is -2.21. The van der Waals surface area contributed by atoms with Gasteiger partial charge < -0.3 is 15.3 Å². The van der Waals surface area contributed by atoms with Crippen LogP contribution in [0.15, 0.2) is 24.5 Å². The predicted molar refractivity (Wildman–Crippen MR) is 92.1 cm³/mol. The fraction of sp³-hybridized carbons (Fsp3) is 0.500. The lowest BCUT2D eigenvalue weighted by molar-refractivity contribution is -0.0366. The molecule has 3 heterocycles. The minimum atomic E-state index is -0.645. The van der Waals surface area contributed by atoms with Gasteiger partial charge in [-0.1, -0.05) is 0 Å². The molecule has 2 aromatic heterocycles. The molecule has 2 fully saturated rings. The van der Waals surface area contributed by atoms with Crippen molar-refractivity contribution in [3.05, 3.63) is 30.1 Å². The number of rotatable bonds is 3. The topological polar surface area (TPSA) is 78.4 Å². The Labute approximate surface area is 140 Å². The fourth-order valence-corrected chi connectivity index (χ4v) is 3.52. The second-order valence-electron chi connectivity index (χ2n) is 7.37. The zero-order chi connectivity index (χ0) is 16.9. The quantitative estimate of drug-likeness (QED) is 0.900. The second-order valence-corrected chi connectivity index (χ2v) is 7.37. The molecule has 126 valence electrons. The van der Waals surface area contributed by atoms with Gasteiger partial charge in [-0.05, 0) is 39.2 Å². The van der Waals surface area contributed by atoms with Crippen LogP contribution in [0.1, 0.15) is 43.5 Å². The summed E-state index contributed by atoms with van der Waals surface area (Å²) in [6, 6.07) is 4.37. The van der Waals surface area contributed by atoms with Crippen LogP contribution < -0.4 is 10.2 Å². The Morgan fingerprint density at radius 2 is 2.12 bits per heavy atom. The maximum atomic E-state index is 12.3. The molecule has 2 N–H and O–H groups in total. The van der Waals surface area contributed by atoms with E-state index in [2.05, 4.69) is 27.1 Å². The molecule has 0 bridgehead atoms. The molecular formula is C18H22N4O2. The normalized spacial score (nSPS) is 29.0. The fourth-order valence-electron chi connectivity index (χ4n) is 3.52. The van der Waals surface area contributed by atoms with Gasteiger partial charge in [-0.25, -0.2) is 4.98 Å². The van der Waals surface area contributed by atoms with Crippen LogP contribution in [0, 0.1) is 0 Å². The Balaban J connectivity index is 1.51. The van der Waals surface area contributed by atoms with Crippen molar-refractivity contribution in [3.8, 4) is 0 Å². The van der Waals surface area contributed by atoms with Crippen LogP contribution in [0.2, 0.25) is 0 Å². The smallest absolute Gasteiger partial charge is 0.253 e. The molecule has 1 aliphatic heterocycles. The third kappa shape index (κ3) is 2.71. The molecule has 1 atom stereocenters. The number of aliphatic hydroxyl groups is 1. The first-order valence-electron chi connectivity index (χ1n) is 8.47. The van der Waals surface area contributed by atoms with Gasteiger partial charge >= 0.3 is 0 Å². The minimum Gasteiger partial charge on any atom is -0.390 e. The zero-order valence-electron chi connectivity index (χ0n) is 14.0. The first-order valence-corrected chi connectivity index (χ1v) is 8.47. The maximum Gasteiger partial charge on any atom is 0.253 e. The van der Waals surface area contributed by atoms with E-state index in [-0.39, 0.29) is 11.9 Å². The SMILES string of the molecule is C[C@H]1CCN1c1cc2ncc(C(=O)NC3CC(C)(O)C3)cc2cn1. The van der Waals surface area contributed by atoms with Gasteiger partial charge in [0.25, 0.3) is 5.91 Å². The number of aromatic nitrogens is 2. The molecule has 1 saturated carbocycles. The number of pyridine rings is 2. The first-order chi connectivity index (χ1) is 11.4. The third-order valence-corrected chi connectivity index (χ3v) is 5.14. The summed E-state index contributed by atoms with van der Waals surface area (Å²) >= 11 is 0. The predicted octanol–water partition coefficient (Wildman–Crippen LogP) is 1.87. The number of carbonyl (C=O) groups is 1. The van der Waals surface area contributed by atoms with E-state index in [4.69, 9.17) is 0 Å². The number of fused-ring (bicyclic) bond motifs is 1. The van der Waals surface area contributed by atoms with E-state index in [0.717, 1.165) is 23.3 Å². The number of nitrogens with zero attached hydrogens (tertiary/aromatic N) is 3. The van der Waals surface area contributed by atoms with Crippen LogP contribution in [0.4, 0.5) is 5.82 Å². The van der Waals surface area contributed by atoms with Gasteiger partial charge in [0.1, 0.15) is 5.82 Å². The van der Waals surface area contributed by atoms with E-state index in [1.807, 2.05) is 12.1 Å². The first kappa shape index (κ1) is 15.3. The van der Waals surface area contributed by atoms with E-state index in [9.17, 15) is 9.90 Å². The lowest BCUT2D eigenvalue weighted by atomic mass is 9.77. The van der Waals surface area contributed by atoms with Crippen molar-refractivity contribution in [2.45, 2.75) is 50.8 Å². The summed E-state index contributed by atoms with van der Waals surface area (Å²) in [5.74, 6) is 0.799. The van der Waals surface area contributed by atoms with Crippen molar-refractivity contribution < 1.29 is 9.90 Å². The average molecular weight is 326 g/mol. The molecule has 1 amide bonds. The van der Waals surface area contributed by atoms with Gasteiger partial charge in [-0.3, -0.25) is 9.78 Å². The summed E-state index contributed by atoms with van der Waals surface area (Å²) in [6.07, 6.45) is 5.78. The standard InChI is InChI=1S/C18H22N4O2/c1-11-3-4-22(11)16-6-15-12(9-20-16)5-13(10-19-15)17(23)21-14-7-18(2,24)8-14/h5-6,9-11,14,24H,3-4,7-8H2,1-2H3,(H,21,23)/t11-,14?,18?/m0/s1. The molecule has 4 rings (SSSR count). The van der Waals surface area contributed by atoms with Crippen molar-refractivity contribution in [3.63, 3.8) is 0 Å². The van der Waals surface area contributed by atoms with Gasteiger partial charge in [0.05, 0.1) is 16.7 Å². The summed E-state index contributed by atoms with van der Waals surface area (Å²) in [7, 11) is 0. The molecule has 6 heteroatoms. The Kier molecular flexibility index (Phi) is 3.46. The van der Waals surface area contributed by atoms with E-state index in [1.165, 1.54) is 6.42 Å². The summed E-state index contributed by atoms with van der Waals surface area (Å²) in [4.78, 5) is 23.5. The second kappa shape index (κ2) is 5.41. The van der Waals surface area contributed by atoms with Crippen LogP contribution in [0.25, 0.3) is 10.9 Å².